The van der Waals surface area contributed by atoms with Gasteiger partial charge in [0.15, 0.2) is 5.96 Å². The minimum Gasteiger partial charge on any atom is -0.357 e. The van der Waals surface area contributed by atoms with Crippen LogP contribution in [-0.2, 0) is 12.5 Å². The highest BCUT2D eigenvalue weighted by atomic mass is 127. The molecule has 0 radical (unpaired) electrons. The van der Waals surface area contributed by atoms with Crippen molar-refractivity contribution in [3.8, 4) is 0 Å². The molecule has 160 valence electrons. The van der Waals surface area contributed by atoms with Gasteiger partial charge in [0.25, 0.3) is 0 Å². The molecule has 1 atom stereocenters. The summed E-state index contributed by atoms with van der Waals surface area (Å²) in [6.07, 6.45) is 6.05. The van der Waals surface area contributed by atoms with Gasteiger partial charge in [0.1, 0.15) is 5.82 Å². The van der Waals surface area contributed by atoms with Crippen molar-refractivity contribution >= 4 is 29.9 Å². The zero-order valence-corrected chi connectivity index (χ0v) is 20.0. The van der Waals surface area contributed by atoms with Gasteiger partial charge in [-0.25, -0.2) is 4.39 Å². The van der Waals surface area contributed by atoms with Crippen LogP contribution in [0, 0.1) is 5.82 Å². The molecule has 1 fully saturated rings. The highest BCUT2D eigenvalue weighted by molar-refractivity contribution is 14.0. The molecule has 1 aliphatic rings. The summed E-state index contributed by atoms with van der Waals surface area (Å²) >= 11 is 0. The fourth-order valence-corrected chi connectivity index (χ4v) is 3.48. The van der Waals surface area contributed by atoms with Crippen molar-refractivity contribution in [2.75, 3.05) is 33.7 Å². The molecule has 0 spiro atoms. The molecule has 1 unspecified atom stereocenters. The van der Waals surface area contributed by atoms with Crippen molar-refractivity contribution in [3.05, 3.63) is 53.6 Å². The Morgan fingerprint density at radius 2 is 2.10 bits per heavy atom. The lowest BCUT2D eigenvalue weighted by atomic mass is 9.96. The van der Waals surface area contributed by atoms with E-state index in [4.69, 9.17) is 4.99 Å². The molecule has 8 heteroatoms. The maximum Gasteiger partial charge on any atom is 0.191 e. The highest BCUT2D eigenvalue weighted by Gasteiger charge is 2.44. The van der Waals surface area contributed by atoms with Gasteiger partial charge in [-0.15, -0.1) is 24.0 Å². The number of hydrogen-bond donors (Lipinski definition) is 2. The summed E-state index contributed by atoms with van der Waals surface area (Å²) in [6.45, 7) is 4.22. The summed E-state index contributed by atoms with van der Waals surface area (Å²) in [5, 5.41) is 11.1. The lowest BCUT2D eigenvalue weighted by Crippen LogP contribution is -2.42. The van der Waals surface area contributed by atoms with Gasteiger partial charge in [0, 0.05) is 37.3 Å². The fraction of sp³-hybridized carbons (Fsp3) is 0.524. The van der Waals surface area contributed by atoms with Crippen LogP contribution in [0.2, 0.25) is 0 Å². The lowest BCUT2D eigenvalue weighted by Gasteiger charge is -2.25. The number of nitrogens with one attached hydrogen (secondary N) is 2. The first kappa shape index (κ1) is 23.6. The van der Waals surface area contributed by atoms with Crippen LogP contribution in [0.1, 0.15) is 36.9 Å². The minimum absolute atomic E-state index is 0. The SMILES string of the molecule is CCNC(=NCC1(c2cccc(F)c2)CC1)NCC(c1cnn(C)c1)N(C)C.I. The first-order valence-electron chi connectivity index (χ1n) is 9.87. The van der Waals surface area contributed by atoms with E-state index in [0.717, 1.165) is 43.0 Å². The van der Waals surface area contributed by atoms with Gasteiger partial charge < -0.3 is 15.5 Å². The molecule has 0 saturated heterocycles. The van der Waals surface area contributed by atoms with Gasteiger partial charge in [-0.1, -0.05) is 12.1 Å². The summed E-state index contributed by atoms with van der Waals surface area (Å²) in [5.74, 6) is 0.615. The quantitative estimate of drug-likeness (QED) is 0.323. The average Bonchev–Trinajstić information content (AvgIpc) is 3.34. The fourth-order valence-electron chi connectivity index (χ4n) is 3.48. The second-order valence-electron chi connectivity index (χ2n) is 7.79. The van der Waals surface area contributed by atoms with Crippen LogP contribution in [0.15, 0.2) is 41.7 Å². The van der Waals surface area contributed by atoms with E-state index in [1.807, 2.05) is 30.2 Å². The molecule has 29 heavy (non-hydrogen) atoms. The molecule has 0 amide bonds. The monoisotopic (exact) mass is 514 g/mol. The third-order valence-corrected chi connectivity index (χ3v) is 5.37. The van der Waals surface area contributed by atoms with E-state index in [2.05, 4.69) is 41.7 Å². The van der Waals surface area contributed by atoms with Gasteiger partial charge in [-0.2, -0.15) is 5.10 Å². The second kappa shape index (κ2) is 10.4. The highest BCUT2D eigenvalue weighted by Crippen LogP contribution is 2.48. The van der Waals surface area contributed by atoms with Crippen molar-refractivity contribution in [1.29, 1.82) is 0 Å². The Morgan fingerprint density at radius 1 is 1.34 bits per heavy atom. The van der Waals surface area contributed by atoms with E-state index in [1.165, 1.54) is 6.07 Å². The summed E-state index contributed by atoms with van der Waals surface area (Å²) in [4.78, 5) is 6.99. The molecule has 1 aromatic carbocycles. The Kier molecular flexibility index (Phi) is 8.45. The van der Waals surface area contributed by atoms with Gasteiger partial charge in [-0.3, -0.25) is 9.67 Å². The average molecular weight is 514 g/mol. The minimum atomic E-state index is -0.178. The van der Waals surface area contributed by atoms with Gasteiger partial charge in [0.2, 0.25) is 0 Å². The van der Waals surface area contributed by atoms with E-state index in [1.54, 1.807) is 12.1 Å². The standard InChI is InChI=1S/C21H31FN6.HI/c1-5-23-20(24-13-19(27(2)3)16-12-26-28(4)14-16)25-15-21(9-10-21)17-7-6-8-18(22)11-17;/h6-8,11-12,14,19H,5,9-10,13,15H2,1-4H3,(H2,23,24,25);1H. The number of aryl methyl sites for hydroxylation is 1. The summed E-state index contributed by atoms with van der Waals surface area (Å²) < 4.78 is 15.4. The number of rotatable bonds is 8. The first-order chi connectivity index (χ1) is 13.4. The number of benzene rings is 1. The lowest BCUT2D eigenvalue weighted by molar-refractivity contribution is 0.298. The zero-order chi connectivity index (χ0) is 20.1. The number of likely N-dealkylation sites (N-methyl/N-ethyl adjacent to an activating group) is 1. The largest absolute Gasteiger partial charge is 0.357 e. The maximum atomic E-state index is 13.6. The van der Waals surface area contributed by atoms with Crippen molar-refractivity contribution in [3.63, 3.8) is 0 Å². The van der Waals surface area contributed by atoms with Crippen LogP contribution < -0.4 is 10.6 Å². The van der Waals surface area contributed by atoms with Crippen LogP contribution in [0.25, 0.3) is 0 Å². The molecule has 0 bridgehead atoms. The predicted octanol–water partition coefficient (Wildman–Crippen LogP) is 3.07. The number of nitrogens with zero attached hydrogens (tertiary/aromatic N) is 4. The number of aliphatic imine (C=N–C) groups is 1. The summed E-state index contributed by atoms with van der Waals surface area (Å²) in [5.41, 5.74) is 2.19. The van der Waals surface area contributed by atoms with Crippen LogP contribution >= 0.6 is 24.0 Å². The van der Waals surface area contributed by atoms with Gasteiger partial charge in [-0.05, 0) is 51.6 Å². The molecule has 1 heterocycles. The third-order valence-electron chi connectivity index (χ3n) is 5.37. The molecule has 0 aliphatic heterocycles. The topological polar surface area (TPSA) is 57.5 Å². The van der Waals surface area contributed by atoms with E-state index >= 15 is 0 Å². The predicted molar refractivity (Wildman–Crippen MR) is 126 cm³/mol. The number of guanidine groups is 1. The molecule has 1 aliphatic carbocycles. The molecule has 1 aromatic heterocycles. The second-order valence-corrected chi connectivity index (χ2v) is 7.79. The Labute approximate surface area is 190 Å². The molecule has 2 aromatic rings. The van der Waals surface area contributed by atoms with Crippen LogP contribution in [0.4, 0.5) is 4.39 Å². The van der Waals surface area contributed by atoms with E-state index in [-0.39, 0.29) is 41.3 Å². The molecule has 6 nitrogen and oxygen atoms in total. The zero-order valence-electron chi connectivity index (χ0n) is 17.7. The Hall–Kier alpha value is -1.68. The van der Waals surface area contributed by atoms with Gasteiger partial charge >= 0.3 is 0 Å². The van der Waals surface area contributed by atoms with Crippen LogP contribution in [0.3, 0.4) is 0 Å². The van der Waals surface area contributed by atoms with E-state index in [0.29, 0.717) is 6.54 Å². The van der Waals surface area contributed by atoms with Crippen molar-refractivity contribution in [1.82, 2.24) is 25.3 Å². The maximum absolute atomic E-state index is 13.6. The van der Waals surface area contributed by atoms with E-state index < -0.39 is 0 Å². The van der Waals surface area contributed by atoms with Gasteiger partial charge in [0.05, 0.1) is 18.8 Å². The first-order valence-corrected chi connectivity index (χ1v) is 9.87. The normalized spacial score (nSPS) is 16.3. The molecule has 3 rings (SSSR count). The Bertz CT molecular complexity index is 815. The van der Waals surface area contributed by atoms with Crippen LogP contribution in [0.5, 0.6) is 0 Å². The third kappa shape index (κ3) is 6.15. The number of hydrogen-bond acceptors (Lipinski definition) is 3. The Morgan fingerprint density at radius 3 is 2.66 bits per heavy atom. The van der Waals surface area contributed by atoms with E-state index in [9.17, 15) is 4.39 Å². The molecule has 2 N–H and O–H groups in total. The van der Waals surface area contributed by atoms with Crippen LogP contribution in [-0.4, -0.2) is 54.4 Å². The number of halogens is 2. The Balaban J connectivity index is 0.00000300. The smallest absolute Gasteiger partial charge is 0.191 e. The summed E-state index contributed by atoms with van der Waals surface area (Å²) in [6, 6.07) is 7.13. The number of aromatic nitrogens is 2. The van der Waals surface area contributed by atoms with Crippen molar-refractivity contribution in [2.45, 2.75) is 31.2 Å². The molecular formula is C21H32FIN6. The molecule has 1 saturated carbocycles. The van der Waals surface area contributed by atoms with Crippen molar-refractivity contribution < 1.29 is 4.39 Å². The van der Waals surface area contributed by atoms with Crippen molar-refractivity contribution in [2.24, 2.45) is 12.0 Å². The summed E-state index contributed by atoms with van der Waals surface area (Å²) in [7, 11) is 6.05. The molecular weight excluding hydrogens is 482 g/mol.